The van der Waals surface area contributed by atoms with Gasteiger partial charge in [0, 0.05) is 24.0 Å². The van der Waals surface area contributed by atoms with E-state index in [1.54, 1.807) is 0 Å². The summed E-state index contributed by atoms with van der Waals surface area (Å²) in [4.78, 5) is 12.6. The highest BCUT2D eigenvalue weighted by atomic mass is 16.5. The van der Waals surface area contributed by atoms with Crippen LogP contribution in [0.1, 0.15) is 92.9 Å². The summed E-state index contributed by atoms with van der Waals surface area (Å²) in [6, 6.07) is 0. The average molecular weight is 443 g/mol. The smallest absolute Gasteiger partial charge is 0.198 e. The molecular weight excluding hydrogens is 396 g/mol. The zero-order chi connectivity index (χ0) is 23.4. The Bertz CT molecular complexity index is 794. The van der Waals surface area contributed by atoms with Crippen molar-refractivity contribution in [2.45, 2.75) is 99.0 Å². The Morgan fingerprint density at radius 3 is 2.56 bits per heavy atom. The second kappa shape index (κ2) is 8.60. The summed E-state index contributed by atoms with van der Waals surface area (Å²) in [5, 5.41) is 10.7. The topological polar surface area (TPSA) is 46.5 Å². The second-order valence-corrected chi connectivity index (χ2v) is 12.4. The molecule has 0 heterocycles. The van der Waals surface area contributed by atoms with Crippen LogP contribution >= 0.6 is 0 Å². The predicted molar refractivity (Wildman–Crippen MR) is 130 cm³/mol. The third-order valence-corrected chi connectivity index (χ3v) is 10.6. The van der Waals surface area contributed by atoms with E-state index in [0.29, 0.717) is 42.1 Å². The average Bonchev–Trinajstić information content (AvgIpc) is 3.20. The maximum absolute atomic E-state index is 12.6. The van der Waals surface area contributed by atoms with Gasteiger partial charge in [-0.15, -0.1) is 0 Å². The summed E-state index contributed by atoms with van der Waals surface area (Å²) in [6.07, 6.45) is 8.86. The lowest BCUT2D eigenvalue weighted by Crippen LogP contribution is -2.53. The maximum Gasteiger partial charge on any atom is 0.198 e. The van der Waals surface area contributed by atoms with Gasteiger partial charge in [-0.3, -0.25) is 4.79 Å². The molecule has 0 aromatic heterocycles. The first-order chi connectivity index (χ1) is 15.0. The highest BCUT2D eigenvalue weighted by molar-refractivity contribution is 5.98. The van der Waals surface area contributed by atoms with Crippen molar-refractivity contribution in [1.82, 2.24) is 0 Å². The first-order valence-electron chi connectivity index (χ1n) is 13.3. The fraction of sp³-hybridized carbons (Fsp3) is 0.828. The van der Waals surface area contributed by atoms with Crippen LogP contribution in [0, 0.1) is 46.3 Å². The monoisotopic (exact) mass is 442 g/mol. The molecule has 32 heavy (non-hydrogen) atoms. The minimum Gasteiger partial charge on any atom is -0.504 e. The molecule has 180 valence electrons. The van der Waals surface area contributed by atoms with Crippen LogP contribution in [0.2, 0.25) is 0 Å². The Kier molecular flexibility index (Phi) is 6.46. The Hall–Kier alpha value is -1.09. The molecule has 0 aromatic rings. The van der Waals surface area contributed by atoms with Crippen LogP contribution < -0.4 is 0 Å². The van der Waals surface area contributed by atoms with Gasteiger partial charge in [0.1, 0.15) is 0 Å². The lowest BCUT2D eigenvalue weighted by Gasteiger charge is -2.58. The molecule has 0 saturated heterocycles. The van der Waals surface area contributed by atoms with E-state index in [2.05, 4.69) is 41.2 Å². The first kappa shape index (κ1) is 24.0. The van der Waals surface area contributed by atoms with E-state index >= 15 is 0 Å². The Balaban J connectivity index is 1.57. The van der Waals surface area contributed by atoms with Crippen molar-refractivity contribution in [3.63, 3.8) is 0 Å². The largest absolute Gasteiger partial charge is 0.504 e. The Morgan fingerprint density at radius 1 is 1.19 bits per heavy atom. The molecular formula is C29H46O3. The molecule has 4 aliphatic carbocycles. The molecule has 8 atom stereocenters. The van der Waals surface area contributed by atoms with Crippen LogP contribution in [0.4, 0.5) is 0 Å². The van der Waals surface area contributed by atoms with Gasteiger partial charge in [-0.2, -0.15) is 0 Å². The number of rotatable bonds is 7. The van der Waals surface area contributed by atoms with Gasteiger partial charge < -0.3 is 9.84 Å². The van der Waals surface area contributed by atoms with E-state index in [4.69, 9.17) is 4.74 Å². The second-order valence-electron chi connectivity index (χ2n) is 12.4. The molecule has 4 aliphatic rings. The highest BCUT2D eigenvalue weighted by Crippen LogP contribution is 2.68. The summed E-state index contributed by atoms with van der Waals surface area (Å²) >= 11 is 0. The van der Waals surface area contributed by atoms with E-state index in [1.807, 2.05) is 6.92 Å². The fourth-order valence-corrected chi connectivity index (χ4v) is 8.79. The molecule has 8 unspecified atom stereocenters. The van der Waals surface area contributed by atoms with Gasteiger partial charge in [-0.25, -0.2) is 0 Å². The zero-order valence-corrected chi connectivity index (χ0v) is 21.4. The number of ether oxygens (including phenoxy) is 1. The van der Waals surface area contributed by atoms with Crippen LogP contribution in [0.15, 0.2) is 23.5 Å². The van der Waals surface area contributed by atoms with Crippen molar-refractivity contribution in [3.8, 4) is 0 Å². The molecule has 0 bridgehead atoms. The minimum atomic E-state index is -0.218. The number of hydrogen-bond donors (Lipinski definition) is 1. The van der Waals surface area contributed by atoms with E-state index in [-0.39, 0.29) is 23.1 Å². The number of carbonyl (C=O) groups is 1. The summed E-state index contributed by atoms with van der Waals surface area (Å²) < 4.78 is 6.19. The molecule has 3 nitrogen and oxygen atoms in total. The molecule has 0 aliphatic heterocycles. The van der Waals surface area contributed by atoms with Crippen LogP contribution in [-0.2, 0) is 9.53 Å². The molecule has 4 rings (SSSR count). The fourth-order valence-electron chi connectivity index (χ4n) is 8.79. The van der Waals surface area contributed by atoms with E-state index in [0.717, 1.165) is 30.3 Å². The van der Waals surface area contributed by atoms with Crippen LogP contribution in [0.25, 0.3) is 0 Å². The van der Waals surface area contributed by atoms with Gasteiger partial charge in [0.15, 0.2) is 11.5 Å². The molecule has 0 amide bonds. The summed E-state index contributed by atoms with van der Waals surface area (Å²) in [5.74, 6) is 3.85. The highest BCUT2D eigenvalue weighted by Gasteiger charge is 2.63. The van der Waals surface area contributed by atoms with Crippen LogP contribution in [-0.4, -0.2) is 23.6 Å². The summed E-state index contributed by atoms with van der Waals surface area (Å²) in [6.45, 7) is 18.8. The van der Waals surface area contributed by atoms with Crippen molar-refractivity contribution in [2.24, 2.45) is 46.3 Å². The number of Topliss-reactive ketones (excluding diaryl/α,β-unsaturated/α-hetero) is 1. The van der Waals surface area contributed by atoms with Crippen molar-refractivity contribution in [3.05, 3.63) is 23.5 Å². The number of carbonyl (C=O) groups excluding carboxylic acids is 1. The molecule has 3 fully saturated rings. The van der Waals surface area contributed by atoms with Gasteiger partial charge >= 0.3 is 0 Å². The number of aliphatic hydroxyl groups is 1. The van der Waals surface area contributed by atoms with Crippen molar-refractivity contribution >= 4 is 5.78 Å². The van der Waals surface area contributed by atoms with E-state index in [1.165, 1.54) is 37.7 Å². The predicted octanol–water partition coefficient (Wildman–Crippen LogP) is 7.27. The Labute approximate surface area is 196 Å². The number of allylic oxidation sites excluding steroid dienone is 2. The van der Waals surface area contributed by atoms with Gasteiger partial charge in [0.05, 0.1) is 6.10 Å². The molecule has 3 saturated carbocycles. The third kappa shape index (κ3) is 3.62. The van der Waals surface area contributed by atoms with E-state index in [9.17, 15) is 9.90 Å². The molecule has 1 N–H and O–H groups in total. The van der Waals surface area contributed by atoms with Crippen molar-refractivity contribution < 1.29 is 14.6 Å². The van der Waals surface area contributed by atoms with Gasteiger partial charge in [-0.05, 0) is 92.8 Å². The summed E-state index contributed by atoms with van der Waals surface area (Å²) in [7, 11) is 0. The lowest BCUT2D eigenvalue weighted by atomic mass is 9.47. The number of fused-ring (bicyclic) bond motifs is 5. The summed E-state index contributed by atoms with van der Waals surface area (Å²) in [5.41, 5.74) is 2.50. The van der Waals surface area contributed by atoms with Gasteiger partial charge in [-0.1, -0.05) is 46.8 Å². The lowest BCUT2D eigenvalue weighted by molar-refractivity contribution is -0.121. The maximum atomic E-state index is 12.6. The quantitative estimate of drug-likeness (QED) is 0.422. The normalized spacial score (nSPS) is 42.1. The number of aliphatic hydroxyl groups excluding tert-OH is 1. The standard InChI is InChI=1S/C29H46O3/c1-8-32-25-15-20-22-12-11-21(19(5)10-9-18(4)17(2)3)28(22,6)14-13-23(20)29(7)16-24(30)27(31)26(25)29/h17,19-23,25,31H,4,8-16H2,1-3,5-7H3. The minimum absolute atomic E-state index is 0.0287. The molecule has 0 spiro atoms. The van der Waals surface area contributed by atoms with Gasteiger partial charge in [0.25, 0.3) is 0 Å². The Morgan fingerprint density at radius 2 is 1.91 bits per heavy atom. The van der Waals surface area contributed by atoms with E-state index < -0.39 is 0 Å². The van der Waals surface area contributed by atoms with Gasteiger partial charge in [0.2, 0.25) is 0 Å². The molecule has 0 aromatic carbocycles. The first-order valence-corrected chi connectivity index (χ1v) is 13.3. The SMILES string of the molecule is C=C(CCC(C)C1CCC2C3CC(OCC)C4=C(O)C(=O)CC4(C)C3CCC12C)C(C)C. The molecule has 0 radical (unpaired) electrons. The molecule has 3 heteroatoms. The van der Waals surface area contributed by atoms with Crippen LogP contribution in [0.5, 0.6) is 0 Å². The van der Waals surface area contributed by atoms with Crippen molar-refractivity contribution in [1.29, 1.82) is 0 Å². The third-order valence-electron chi connectivity index (χ3n) is 10.6. The number of ketones is 1. The van der Waals surface area contributed by atoms with Crippen LogP contribution in [0.3, 0.4) is 0 Å². The van der Waals surface area contributed by atoms with Crippen molar-refractivity contribution in [2.75, 3.05) is 6.61 Å². The zero-order valence-electron chi connectivity index (χ0n) is 21.4. The number of hydrogen-bond acceptors (Lipinski definition) is 3.